The molecule has 1 aromatic heterocycles. The predicted octanol–water partition coefficient (Wildman–Crippen LogP) is 5.70. The number of ether oxygens (including phenoxy) is 1. The number of nitro benzene ring substituents is 1. The van der Waals surface area contributed by atoms with Crippen molar-refractivity contribution in [1.29, 1.82) is 0 Å². The molecule has 1 unspecified atom stereocenters. The zero-order valence-electron chi connectivity index (χ0n) is 34.3. The lowest BCUT2D eigenvalue weighted by molar-refractivity contribution is -0.383. The molecule has 1 atom stereocenters. The van der Waals surface area contributed by atoms with Crippen LogP contribution in [0.15, 0.2) is 115 Å². The van der Waals surface area contributed by atoms with Crippen LogP contribution in [0.2, 0.25) is 0 Å². The van der Waals surface area contributed by atoms with Crippen molar-refractivity contribution < 1.29 is 53.4 Å². The lowest BCUT2D eigenvalue weighted by atomic mass is 10.1. The molecule has 5 aromatic carbocycles. The van der Waals surface area contributed by atoms with E-state index in [0.29, 0.717) is 0 Å². The fourth-order valence-electron chi connectivity index (χ4n) is 6.29. The average molecular weight is 883 g/mol. The highest BCUT2D eigenvalue weighted by Gasteiger charge is 2.26. The molecule has 330 valence electrons. The third-order valence-electron chi connectivity index (χ3n) is 9.40. The number of primary amides is 1. The second kappa shape index (κ2) is 19.7. The van der Waals surface area contributed by atoms with Gasteiger partial charge in [0.1, 0.15) is 6.04 Å². The Morgan fingerprint density at radius 3 is 1.78 bits per heavy atom. The second-order valence-corrected chi connectivity index (χ2v) is 14.4. The van der Waals surface area contributed by atoms with Crippen LogP contribution >= 0.6 is 0 Å². The number of phenols is 1. The molecule has 6 aromatic rings. The number of non-ortho nitro benzene ring substituents is 1. The van der Waals surface area contributed by atoms with Gasteiger partial charge in [-0.15, -0.1) is 0 Å². The number of nitrogens with one attached hydrogen (secondary N) is 5. The third kappa shape index (κ3) is 11.0. The highest BCUT2D eigenvalue weighted by Crippen LogP contribution is 2.39. The minimum atomic E-state index is -1.43. The molecule has 65 heavy (non-hydrogen) atoms. The molecule has 9 N–H and O–H groups in total. The monoisotopic (exact) mass is 882 g/mol. The van der Waals surface area contributed by atoms with Crippen molar-refractivity contribution >= 4 is 80.8 Å². The molecule has 0 aliphatic carbocycles. The van der Waals surface area contributed by atoms with E-state index < -0.39 is 70.7 Å². The molecule has 0 spiro atoms. The Bertz CT molecular complexity index is 2870. The normalized spacial score (nSPS) is 11.2. The first-order valence-electron chi connectivity index (χ1n) is 19.4. The number of aromatic carboxylic acids is 1. The van der Waals surface area contributed by atoms with Crippen LogP contribution in [0.5, 0.6) is 11.5 Å². The van der Waals surface area contributed by atoms with Gasteiger partial charge in [0.05, 0.1) is 50.7 Å². The van der Waals surface area contributed by atoms with Crippen molar-refractivity contribution in [2.24, 2.45) is 5.73 Å². The summed E-state index contributed by atoms with van der Waals surface area (Å²) >= 11 is 0. The number of phenolic OH excluding ortho intramolecular Hbond substituents is 1. The number of nitrogens with two attached hydrogens (primary N) is 1. The van der Waals surface area contributed by atoms with Gasteiger partial charge in [-0.3, -0.25) is 43.9 Å². The summed E-state index contributed by atoms with van der Waals surface area (Å²) in [6.07, 6.45) is 0.332. The molecule has 0 saturated carbocycles. The number of benzene rings is 5. The van der Waals surface area contributed by atoms with Crippen molar-refractivity contribution in [2.45, 2.75) is 32.4 Å². The average Bonchev–Trinajstić information content (AvgIpc) is 3.27. The van der Waals surface area contributed by atoms with Crippen molar-refractivity contribution in [3.63, 3.8) is 0 Å². The summed E-state index contributed by atoms with van der Waals surface area (Å²) in [6, 6.07) is 23.1. The van der Waals surface area contributed by atoms with Gasteiger partial charge in [-0.1, -0.05) is 0 Å². The number of pyridine rings is 1. The summed E-state index contributed by atoms with van der Waals surface area (Å²) in [6.45, 7) is 3.34. The van der Waals surface area contributed by atoms with E-state index in [2.05, 4.69) is 31.6 Å². The van der Waals surface area contributed by atoms with Crippen LogP contribution in [-0.2, 0) is 9.59 Å². The largest absolute Gasteiger partial charge is 0.504 e. The van der Waals surface area contributed by atoms with E-state index in [1.807, 2.05) is 0 Å². The minimum absolute atomic E-state index is 0.0127. The van der Waals surface area contributed by atoms with Crippen molar-refractivity contribution in [3.8, 4) is 11.5 Å². The Balaban J connectivity index is 1.08. The van der Waals surface area contributed by atoms with Gasteiger partial charge in [-0.05, 0) is 117 Å². The summed E-state index contributed by atoms with van der Waals surface area (Å²) in [7, 11) is 0. The number of nitro groups is 1. The Morgan fingerprint density at radius 2 is 1.23 bits per heavy atom. The summed E-state index contributed by atoms with van der Waals surface area (Å²) in [5, 5.41) is 44.7. The Kier molecular flexibility index (Phi) is 13.7. The van der Waals surface area contributed by atoms with Gasteiger partial charge in [0.2, 0.25) is 11.8 Å². The van der Waals surface area contributed by atoms with Crippen LogP contribution in [-0.4, -0.2) is 73.7 Å². The van der Waals surface area contributed by atoms with E-state index in [4.69, 9.17) is 15.6 Å². The van der Waals surface area contributed by atoms with Crippen LogP contribution in [0.1, 0.15) is 72.1 Å². The molecule has 20 nitrogen and oxygen atoms in total. The number of carboxylic acids is 1. The molecule has 0 fully saturated rings. The van der Waals surface area contributed by atoms with Gasteiger partial charge >= 0.3 is 5.97 Å². The van der Waals surface area contributed by atoms with Crippen molar-refractivity contribution in [1.82, 2.24) is 10.3 Å². The van der Waals surface area contributed by atoms with Gasteiger partial charge in [0.25, 0.3) is 29.3 Å². The number of anilines is 4. The zero-order valence-corrected chi connectivity index (χ0v) is 34.3. The molecule has 0 saturated heterocycles. The number of carbonyl (C=O) groups excluding carboxylic acids is 6. The second-order valence-electron chi connectivity index (χ2n) is 14.4. The van der Waals surface area contributed by atoms with Gasteiger partial charge in [0.15, 0.2) is 11.5 Å². The Labute approximate surface area is 368 Å². The van der Waals surface area contributed by atoms with Crippen molar-refractivity contribution in [2.75, 3.05) is 21.3 Å². The van der Waals surface area contributed by atoms with Gasteiger partial charge < -0.3 is 47.3 Å². The molecular weight excluding hydrogens is 845 g/mol. The van der Waals surface area contributed by atoms with E-state index >= 15 is 0 Å². The van der Waals surface area contributed by atoms with E-state index in [-0.39, 0.29) is 72.9 Å². The van der Waals surface area contributed by atoms with Gasteiger partial charge in [-0.2, -0.15) is 0 Å². The topological polar surface area (TPSA) is 311 Å². The number of hydrogen-bond donors (Lipinski definition) is 8. The standard InChI is InChI=1S/C45H38N8O12/c1-23(2)65-39-33(19-17-32(38(39)55)43(59)49-28-15-9-26(10-16-28)45(61)62)51-40(56)24-7-13-29(14-8-24)50-44(60)34(22-36(46)54)52-41(57)25-5-11-27(12-6-25)48-42(58)31-18-20-35(53(63)64)30-4-3-21-47-37(30)31/h3-21,23,34,55H,22H2,1-2H3,(H2,46,54)(H,48,58)(H,49,59)(H,50,60)(H,51,56)(H,52,57)(H,61,62). The summed E-state index contributed by atoms with van der Waals surface area (Å²) < 4.78 is 5.77. The van der Waals surface area contributed by atoms with E-state index in [1.54, 1.807) is 13.8 Å². The number of hydrogen-bond acceptors (Lipinski definition) is 12. The number of rotatable bonds is 16. The molecule has 0 bridgehead atoms. The lowest BCUT2D eigenvalue weighted by Crippen LogP contribution is -2.46. The maximum Gasteiger partial charge on any atom is 0.335 e. The number of fused-ring (bicyclic) bond motifs is 1. The molecule has 20 heteroatoms. The highest BCUT2D eigenvalue weighted by atomic mass is 16.6. The lowest BCUT2D eigenvalue weighted by Gasteiger charge is -2.19. The van der Waals surface area contributed by atoms with Crippen LogP contribution in [0.4, 0.5) is 28.4 Å². The van der Waals surface area contributed by atoms with Crippen LogP contribution in [0.3, 0.4) is 0 Å². The Morgan fingerprint density at radius 1 is 0.692 bits per heavy atom. The molecule has 0 aliphatic heterocycles. The SMILES string of the molecule is CC(C)Oc1c(NC(=O)c2ccc(NC(=O)C(CC(N)=O)NC(=O)c3ccc(NC(=O)c4ccc([N+](=O)[O-])c5cccnc45)cc3)cc2)ccc(C(=O)Nc2ccc(C(=O)O)cc2)c1O. The summed E-state index contributed by atoms with van der Waals surface area (Å²) in [5.41, 5.74) is 6.09. The summed E-state index contributed by atoms with van der Waals surface area (Å²) in [5.74, 6) is -6.37. The molecular formula is C45H38N8O12. The quantitative estimate of drug-likeness (QED) is 0.0428. The van der Waals surface area contributed by atoms with Crippen LogP contribution in [0.25, 0.3) is 10.9 Å². The third-order valence-corrected chi connectivity index (χ3v) is 9.40. The predicted molar refractivity (Wildman–Crippen MR) is 236 cm³/mol. The fraction of sp³-hybridized carbons (Fsp3) is 0.111. The number of amides is 6. The highest BCUT2D eigenvalue weighted by molar-refractivity contribution is 6.14. The van der Waals surface area contributed by atoms with Crippen LogP contribution in [0, 0.1) is 10.1 Å². The molecule has 1 heterocycles. The maximum absolute atomic E-state index is 13.3. The summed E-state index contributed by atoms with van der Waals surface area (Å²) in [4.78, 5) is 104. The zero-order chi connectivity index (χ0) is 46.9. The maximum atomic E-state index is 13.3. The van der Waals surface area contributed by atoms with E-state index in [1.165, 1.54) is 115 Å². The molecule has 6 amide bonds. The molecule has 6 rings (SSSR count). The van der Waals surface area contributed by atoms with Crippen molar-refractivity contribution in [3.05, 3.63) is 153 Å². The number of carboxylic acid groups (broad SMARTS) is 1. The van der Waals surface area contributed by atoms with Crippen LogP contribution < -0.4 is 37.1 Å². The van der Waals surface area contributed by atoms with E-state index in [9.17, 15) is 48.8 Å². The smallest absolute Gasteiger partial charge is 0.335 e. The van der Waals surface area contributed by atoms with E-state index in [0.717, 1.165) is 0 Å². The number of aromatic hydroxyl groups is 1. The fourth-order valence-corrected chi connectivity index (χ4v) is 6.29. The first-order valence-corrected chi connectivity index (χ1v) is 19.4. The number of carbonyl (C=O) groups is 7. The number of nitrogens with zero attached hydrogens (tertiary/aromatic N) is 2. The molecule has 0 radical (unpaired) electrons. The Hall–Kier alpha value is -9.20. The first kappa shape index (κ1) is 45.3. The molecule has 0 aliphatic rings. The minimum Gasteiger partial charge on any atom is -0.504 e. The van der Waals surface area contributed by atoms with Gasteiger partial charge in [-0.25, -0.2) is 4.79 Å². The first-order chi connectivity index (χ1) is 31.0. The number of aromatic nitrogens is 1. The van der Waals surface area contributed by atoms with Gasteiger partial charge in [0, 0.05) is 40.5 Å².